The highest BCUT2D eigenvalue weighted by atomic mass is 35.5. The first-order valence-corrected chi connectivity index (χ1v) is 6.77. The average molecular weight is 287 g/mol. The van der Waals surface area contributed by atoms with Crippen molar-refractivity contribution in [1.29, 1.82) is 0 Å². The molecule has 6 heteroatoms. The van der Waals surface area contributed by atoms with Crippen molar-refractivity contribution in [2.75, 3.05) is 11.9 Å². The maximum Gasteiger partial charge on any atom is 0.229 e. The number of nitrogens with one attached hydrogen (secondary N) is 2. The summed E-state index contributed by atoms with van der Waals surface area (Å²) in [6.45, 7) is 2.16. The molecule has 1 aliphatic rings. The summed E-state index contributed by atoms with van der Waals surface area (Å²) in [5, 5.41) is 9.98. The highest BCUT2D eigenvalue weighted by Gasteiger charge is 2.19. The molecule has 1 aromatic rings. The molecule has 1 fully saturated rings. The average Bonchev–Trinajstić information content (AvgIpc) is 2.87. The number of nitrogens with zero attached hydrogens (tertiary/aromatic N) is 1. The second-order valence-electron chi connectivity index (χ2n) is 5.17. The summed E-state index contributed by atoms with van der Waals surface area (Å²) in [6, 6.07) is 1.96. The van der Waals surface area contributed by atoms with Crippen LogP contribution in [0, 0.1) is 5.92 Å². The Morgan fingerprint density at radius 2 is 2.21 bits per heavy atom. The molecular weight excluding hydrogens is 264 g/mol. The lowest BCUT2D eigenvalue weighted by molar-refractivity contribution is -0.119. The zero-order chi connectivity index (χ0) is 13.0. The second kappa shape index (κ2) is 7.50. The van der Waals surface area contributed by atoms with E-state index in [1.54, 1.807) is 0 Å². The van der Waals surface area contributed by atoms with E-state index in [-0.39, 0.29) is 24.2 Å². The summed E-state index contributed by atoms with van der Waals surface area (Å²) in [4.78, 5) is 11.7. The number of H-pyrrole nitrogens is 1. The molecule has 0 spiro atoms. The SMILES string of the molecule is CC(CN)C(=O)Nc1cc(C2CCCCC2)[nH]n1.Cl. The molecule has 1 atom stereocenters. The lowest BCUT2D eigenvalue weighted by Gasteiger charge is -2.19. The first-order valence-electron chi connectivity index (χ1n) is 6.77. The molecule has 1 aliphatic carbocycles. The number of nitrogens with two attached hydrogens (primary N) is 1. The maximum atomic E-state index is 11.7. The van der Waals surface area contributed by atoms with Gasteiger partial charge in [0, 0.05) is 30.1 Å². The fraction of sp³-hybridized carbons (Fsp3) is 0.692. The molecule has 19 heavy (non-hydrogen) atoms. The van der Waals surface area contributed by atoms with Gasteiger partial charge in [-0.25, -0.2) is 0 Å². The molecule has 0 aliphatic heterocycles. The van der Waals surface area contributed by atoms with Crippen LogP contribution in [0.5, 0.6) is 0 Å². The van der Waals surface area contributed by atoms with E-state index in [0.29, 0.717) is 18.3 Å². The Labute approximate surface area is 120 Å². The Morgan fingerprint density at radius 1 is 1.53 bits per heavy atom. The normalized spacial score (nSPS) is 17.6. The van der Waals surface area contributed by atoms with Crippen LogP contribution in [0.15, 0.2) is 6.07 Å². The first-order chi connectivity index (χ1) is 8.70. The molecule has 1 heterocycles. The summed E-state index contributed by atoms with van der Waals surface area (Å²) >= 11 is 0. The first kappa shape index (κ1) is 16.0. The fourth-order valence-electron chi connectivity index (χ4n) is 2.38. The summed E-state index contributed by atoms with van der Waals surface area (Å²) in [6.07, 6.45) is 6.34. The van der Waals surface area contributed by atoms with E-state index in [4.69, 9.17) is 5.73 Å². The van der Waals surface area contributed by atoms with Crippen LogP contribution in [0.2, 0.25) is 0 Å². The van der Waals surface area contributed by atoms with Gasteiger partial charge in [0.1, 0.15) is 0 Å². The number of hydrogen-bond donors (Lipinski definition) is 3. The third kappa shape index (κ3) is 4.21. The number of amides is 1. The number of carbonyl (C=O) groups is 1. The van der Waals surface area contributed by atoms with Crippen LogP contribution in [0.1, 0.15) is 50.6 Å². The monoisotopic (exact) mass is 286 g/mol. The van der Waals surface area contributed by atoms with Gasteiger partial charge in [-0.3, -0.25) is 9.89 Å². The Hall–Kier alpha value is -1.07. The van der Waals surface area contributed by atoms with Crippen LogP contribution in [0.4, 0.5) is 5.82 Å². The number of halogens is 1. The van der Waals surface area contributed by atoms with Crippen LogP contribution in [-0.2, 0) is 4.79 Å². The summed E-state index contributed by atoms with van der Waals surface area (Å²) in [7, 11) is 0. The predicted octanol–water partition coefficient (Wildman–Crippen LogP) is 2.41. The topological polar surface area (TPSA) is 83.8 Å². The number of rotatable bonds is 4. The highest BCUT2D eigenvalue weighted by molar-refractivity contribution is 5.91. The molecule has 5 nitrogen and oxygen atoms in total. The molecule has 0 saturated heterocycles. The molecule has 108 valence electrons. The molecule has 4 N–H and O–H groups in total. The van der Waals surface area contributed by atoms with E-state index >= 15 is 0 Å². The van der Waals surface area contributed by atoms with Gasteiger partial charge in [0.15, 0.2) is 5.82 Å². The number of aromatic amines is 1. The molecule has 0 bridgehead atoms. The van der Waals surface area contributed by atoms with Crippen LogP contribution in [-0.4, -0.2) is 22.6 Å². The summed E-state index contributed by atoms with van der Waals surface area (Å²) in [5.74, 6) is 0.934. The molecule has 1 amide bonds. The second-order valence-corrected chi connectivity index (χ2v) is 5.17. The van der Waals surface area contributed by atoms with Crippen molar-refractivity contribution < 1.29 is 4.79 Å². The number of carbonyl (C=O) groups excluding carboxylic acids is 1. The smallest absolute Gasteiger partial charge is 0.229 e. The molecule has 0 aromatic carbocycles. The van der Waals surface area contributed by atoms with E-state index in [1.807, 2.05) is 13.0 Å². The lowest BCUT2D eigenvalue weighted by atomic mass is 9.87. The van der Waals surface area contributed by atoms with E-state index < -0.39 is 0 Å². The molecular formula is C13H23ClN4O. The Morgan fingerprint density at radius 3 is 2.84 bits per heavy atom. The van der Waals surface area contributed by atoms with Gasteiger partial charge >= 0.3 is 0 Å². The Bertz CT molecular complexity index is 401. The van der Waals surface area contributed by atoms with Gasteiger partial charge in [-0.2, -0.15) is 5.10 Å². The molecule has 1 aromatic heterocycles. The molecule has 1 unspecified atom stereocenters. The quantitative estimate of drug-likeness (QED) is 0.795. The van der Waals surface area contributed by atoms with Gasteiger partial charge < -0.3 is 11.1 Å². The number of aromatic nitrogens is 2. The number of anilines is 1. The maximum absolute atomic E-state index is 11.7. The van der Waals surface area contributed by atoms with Gasteiger partial charge in [0.2, 0.25) is 5.91 Å². The van der Waals surface area contributed by atoms with Gasteiger partial charge in [-0.15, -0.1) is 12.4 Å². The number of hydrogen-bond acceptors (Lipinski definition) is 3. The molecule has 1 saturated carbocycles. The summed E-state index contributed by atoms with van der Waals surface area (Å²) in [5.41, 5.74) is 6.60. The van der Waals surface area contributed by atoms with Gasteiger partial charge in [0.05, 0.1) is 0 Å². The minimum atomic E-state index is -0.181. The van der Waals surface area contributed by atoms with Crippen molar-refractivity contribution >= 4 is 24.1 Å². The van der Waals surface area contributed by atoms with Gasteiger partial charge in [-0.1, -0.05) is 26.2 Å². The standard InChI is InChI=1S/C13H22N4O.ClH/c1-9(8-14)13(18)15-12-7-11(16-17-12)10-5-3-2-4-6-10;/h7,9-10H,2-6,8,14H2,1H3,(H2,15,16,17,18);1H. The predicted molar refractivity (Wildman–Crippen MR) is 78.5 cm³/mol. The highest BCUT2D eigenvalue weighted by Crippen LogP contribution is 2.32. The van der Waals surface area contributed by atoms with Crippen LogP contribution < -0.4 is 11.1 Å². The van der Waals surface area contributed by atoms with E-state index in [0.717, 1.165) is 5.69 Å². The van der Waals surface area contributed by atoms with Crippen molar-refractivity contribution in [3.8, 4) is 0 Å². The van der Waals surface area contributed by atoms with Crippen molar-refractivity contribution in [2.45, 2.75) is 44.9 Å². The molecule has 2 rings (SSSR count). The van der Waals surface area contributed by atoms with Crippen molar-refractivity contribution in [1.82, 2.24) is 10.2 Å². The zero-order valence-corrected chi connectivity index (χ0v) is 12.1. The fourth-order valence-corrected chi connectivity index (χ4v) is 2.38. The van der Waals surface area contributed by atoms with Crippen molar-refractivity contribution in [3.63, 3.8) is 0 Å². The van der Waals surface area contributed by atoms with E-state index in [1.165, 1.54) is 32.1 Å². The minimum Gasteiger partial charge on any atom is -0.330 e. The van der Waals surface area contributed by atoms with Gasteiger partial charge in [0.25, 0.3) is 0 Å². The van der Waals surface area contributed by atoms with Crippen molar-refractivity contribution in [3.05, 3.63) is 11.8 Å². The lowest BCUT2D eigenvalue weighted by Crippen LogP contribution is -2.26. The Balaban J connectivity index is 0.00000180. The third-order valence-corrected chi connectivity index (χ3v) is 3.70. The third-order valence-electron chi connectivity index (χ3n) is 3.70. The summed E-state index contributed by atoms with van der Waals surface area (Å²) < 4.78 is 0. The minimum absolute atomic E-state index is 0. The van der Waals surface area contributed by atoms with Crippen LogP contribution in [0.3, 0.4) is 0 Å². The van der Waals surface area contributed by atoms with Crippen LogP contribution in [0.25, 0.3) is 0 Å². The Kier molecular flexibility index (Phi) is 6.31. The van der Waals surface area contributed by atoms with Crippen molar-refractivity contribution in [2.24, 2.45) is 11.7 Å². The van der Waals surface area contributed by atoms with Gasteiger partial charge in [-0.05, 0) is 12.8 Å². The van der Waals surface area contributed by atoms with E-state index in [9.17, 15) is 4.79 Å². The van der Waals surface area contributed by atoms with Crippen LogP contribution >= 0.6 is 12.4 Å². The molecule has 0 radical (unpaired) electrons. The van der Waals surface area contributed by atoms with E-state index in [2.05, 4.69) is 15.5 Å². The zero-order valence-electron chi connectivity index (χ0n) is 11.3. The largest absolute Gasteiger partial charge is 0.330 e.